The molecule has 1 aromatic carbocycles. The van der Waals surface area contributed by atoms with Crippen LogP contribution in [0.5, 0.6) is 0 Å². The average Bonchev–Trinajstić information content (AvgIpc) is 2.45. The molecule has 0 aliphatic carbocycles. The van der Waals surface area contributed by atoms with Crippen LogP contribution in [0.2, 0.25) is 0 Å². The SMILES string of the molecule is CN(c1ccc(C(=O)O)cc1)c1ncccc1S(C)(=O)=O. The van der Waals surface area contributed by atoms with Gasteiger partial charge in [0.2, 0.25) is 0 Å². The number of carboxylic acids is 1. The van der Waals surface area contributed by atoms with E-state index in [2.05, 4.69) is 4.98 Å². The van der Waals surface area contributed by atoms with Gasteiger partial charge in [-0.25, -0.2) is 18.2 Å². The van der Waals surface area contributed by atoms with Crippen molar-refractivity contribution in [2.45, 2.75) is 4.90 Å². The Kier molecular flexibility index (Phi) is 3.95. The van der Waals surface area contributed by atoms with Crippen molar-refractivity contribution in [3.63, 3.8) is 0 Å². The van der Waals surface area contributed by atoms with Gasteiger partial charge in [0, 0.05) is 25.2 Å². The Labute approximate surface area is 122 Å². The van der Waals surface area contributed by atoms with Gasteiger partial charge in [0.25, 0.3) is 0 Å². The molecule has 0 fully saturated rings. The van der Waals surface area contributed by atoms with Crippen molar-refractivity contribution in [3.8, 4) is 0 Å². The van der Waals surface area contributed by atoms with Crippen LogP contribution < -0.4 is 4.90 Å². The van der Waals surface area contributed by atoms with Gasteiger partial charge in [-0.1, -0.05) is 0 Å². The number of aromatic nitrogens is 1. The first kappa shape index (κ1) is 15.0. The zero-order chi connectivity index (χ0) is 15.6. The number of pyridine rings is 1. The molecule has 1 N–H and O–H groups in total. The molecule has 0 spiro atoms. The lowest BCUT2D eigenvalue weighted by Crippen LogP contribution is -2.15. The Morgan fingerprint density at radius 1 is 1.19 bits per heavy atom. The summed E-state index contributed by atoms with van der Waals surface area (Å²) in [7, 11) is -1.73. The number of carboxylic acid groups (broad SMARTS) is 1. The second-order valence-electron chi connectivity index (χ2n) is 4.51. The van der Waals surface area contributed by atoms with Crippen molar-refractivity contribution >= 4 is 27.3 Å². The molecule has 1 aromatic heterocycles. The lowest BCUT2D eigenvalue weighted by molar-refractivity contribution is 0.0697. The van der Waals surface area contributed by atoms with Gasteiger partial charge in [-0.15, -0.1) is 0 Å². The molecule has 0 aliphatic heterocycles. The normalized spacial score (nSPS) is 11.1. The smallest absolute Gasteiger partial charge is 0.335 e. The van der Waals surface area contributed by atoms with Crippen molar-refractivity contribution in [1.29, 1.82) is 0 Å². The van der Waals surface area contributed by atoms with E-state index in [-0.39, 0.29) is 10.5 Å². The summed E-state index contributed by atoms with van der Waals surface area (Å²) in [5, 5.41) is 8.88. The van der Waals surface area contributed by atoms with Gasteiger partial charge in [0.15, 0.2) is 15.7 Å². The summed E-state index contributed by atoms with van der Waals surface area (Å²) >= 11 is 0. The summed E-state index contributed by atoms with van der Waals surface area (Å²) in [6.07, 6.45) is 2.63. The molecule has 0 amide bonds. The summed E-state index contributed by atoms with van der Waals surface area (Å²) in [5.74, 6) is -0.720. The molecule has 0 saturated heterocycles. The van der Waals surface area contributed by atoms with Gasteiger partial charge in [0.1, 0.15) is 4.90 Å². The summed E-state index contributed by atoms with van der Waals surface area (Å²) in [6.45, 7) is 0. The molecule has 0 atom stereocenters. The molecule has 110 valence electrons. The number of nitrogens with zero attached hydrogens (tertiary/aromatic N) is 2. The average molecular weight is 306 g/mol. The number of hydrogen-bond acceptors (Lipinski definition) is 5. The second kappa shape index (κ2) is 5.53. The third-order valence-corrected chi connectivity index (χ3v) is 4.09. The van der Waals surface area contributed by atoms with E-state index in [9.17, 15) is 13.2 Å². The number of anilines is 2. The molecule has 2 rings (SSSR count). The molecule has 0 unspecified atom stereocenters. The molecule has 1 heterocycles. The van der Waals surface area contributed by atoms with Crippen molar-refractivity contribution in [2.24, 2.45) is 0 Å². The van der Waals surface area contributed by atoms with Gasteiger partial charge < -0.3 is 10.0 Å². The predicted molar refractivity (Wildman–Crippen MR) is 78.8 cm³/mol. The van der Waals surface area contributed by atoms with Crippen LogP contribution >= 0.6 is 0 Å². The van der Waals surface area contributed by atoms with Crippen LogP contribution in [-0.4, -0.2) is 37.8 Å². The zero-order valence-electron chi connectivity index (χ0n) is 11.5. The van der Waals surface area contributed by atoms with Crippen LogP contribution in [0.25, 0.3) is 0 Å². The molecule has 7 heteroatoms. The standard InChI is InChI=1S/C14H14N2O4S/c1-16(11-7-5-10(6-8-11)14(17)18)13-12(21(2,19)20)4-3-9-15-13/h3-9H,1-2H3,(H,17,18). The fourth-order valence-corrected chi connectivity index (χ4v) is 2.72. The van der Waals surface area contributed by atoms with Crippen molar-refractivity contribution in [2.75, 3.05) is 18.2 Å². The lowest BCUT2D eigenvalue weighted by Gasteiger charge is -2.20. The van der Waals surface area contributed by atoms with Crippen LogP contribution in [0.3, 0.4) is 0 Å². The fraction of sp³-hybridized carbons (Fsp3) is 0.143. The maximum absolute atomic E-state index is 11.8. The largest absolute Gasteiger partial charge is 0.478 e. The van der Waals surface area contributed by atoms with Crippen LogP contribution in [0, 0.1) is 0 Å². The van der Waals surface area contributed by atoms with E-state index in [1.165, 1.54) is 24.4 Å². The molecule has 6 nitrogen and oxygen atoms in total. The maximum atomic E-state index is 11.8. The van der Waals surface area contributed by atoms with E-state index >= 15 is 0 Å². The fourth-order valence-electron chi connectivity index (χ4n) is 1.87. The van der Waals surface area contributed by atoms with Crippen molar-refractivity contribution in [3.05, 3.63) is 48.2 Å². The lowest BCUT2D eigenvalue weighted by atomic mass is 10.2. The Balaban J connectivity index is 2.45. The molecule has 21 heavy (non-hydrogen) atoms. The highest BCUT2D eigenvalue weighted by atomic mass is 32.2. The first-order valence-electron chi connectivity index (χ1n) is 6.03. The number of benzene rings is 1. The summed E-state index contributed by atoms with van der Waals surface area (Å²) in [5.41, 5.74) is 0.806. The summed E-state index contributed by atoms with van der Waals surface area (Å²) in [6, 6.07) is 9.16. The van der Waals surface area contributed by atoms with Gasteiger partial charge in [-0.3, -0.25) is 0 Å². The maximum Gasteiger partial charge on any atom is 0.335 e. The van der Waals surface area contributed by atoms with E-state index in [1.54, 1.807) is 30.1 Å². The van der Waals surface area contributed by atoms with Gasteiger partial charge >= 0.3 is 5.97 Å². The van der Waals surface area contributed by atoms with E-state index in [1.807, 2.05) is 0 Å². The predicted octanol–water partition coefficient (Wildman–Crippen LogP) is 1.95. The number of aromatic carboxylic acids is 1. The highest BCUT2D eigenvalue weighted by molar-refractivity contribution is 7.90. The van der Waals surface area contributed by atoms with Crippen molar-refractivity contribution in [1.82, 2.24) is 4.98 Å². The minimum absolute atomic E-state index is 0.120. The van der Waals surface area contributed by atoms with Crippen LogP contribution in [0.4, 0.5) is 11.5 Å². The van der Waals surface area contributed by atoms with Gasteiger partial charge in [-0.2, -0.15) is 0 Å². The van der Waals surface area contributed by atoms with E-state index in [0.717, 1.165) is 6.26 Å². The van der Waals surface area contributed by atoms with E-state index < -0.39 is 15.8 Å². The molecular formula is C14H14N2O4S. The summed E-state index contributed by atoms with van der Waals surface area (Å²) in [4.78, 5) is 16.7. The number of sulfone groups is 1. The molecule has 2 aromatic rings. The highest BCUT2D eigenvalue weighted by Crippen LogP contribution is 2.27. The minimum Gasteiger partial charge on any atom is -0.478 e. The monoisotopic (exact) mass is 306 g/mol. The Bertz CT molecular complexity index is 770. The zero-order valence-corrected chi connectivity index (χ0v) is 12.3. The molecule has 0 aliphatic rings. The molecule has 0 radical (unpaired) electrons. The van der Waals surface area contributed by atoms with Crippen LogP contribution in [0.1, 0.15) is 10.4 Å². The first-order valence-corrected chi connectivity index (χ1v) is 7.92. The van der Waals surface area contributed by atoms with E-state index in [4.69, 9.17) is 5.11 Å². The number of carbonyl (C=O) groups is 1. The number of rotatable bonds is 4. The van der Waals surface area contributed by atoms with Crippen molar-refractivity contribution < 1.29 is 18.3 Å². The van der Waals surface area contributed by atoms with Gasteiger partial charge in [0.05, 0.1) is 5.56 Å². The Hall–Kier alpha value is -2.41. The van der Waals surface area contributed by atoms with Crippen LogP contribution in [-0.2, 0) is 9.84 Å². The first-order chi connectivity index (χ1) is 9.80. The second-order valence-corrected chi connectivity index (χ2v) is 6.49. The summed E-state index contributed by atoms with van der Waals surface area (Å²) < 4.78 is 23.6. The topological polar surface area (TPSA) is 87.6 Å². The third-order valence-electron chi connectivity index (χ3n) is 2.97. The minimum atomic E-state index is -3.41. The molecule has 0 bridgehead atoms. The highest BCUT2D eigenvalue weighted by Gasteiger charge is 2.18. The number of hydrogen-bond donors (Lipinski definition) is 1. The van der Waals surface area contributed by atoms with Gasteiger partial charge in [-0.05, 0) is 36.4 Å². The quantitative estimate of drug-likeness (QED) is 0.929. The molecule has 0 saturated carbocycles. The Morgan fingerprint density at radius 2 is 1.81 bits per heavy atom. The van der Waals surface area contributed by atoms with E-state index in [0.29, 0.717) is 11.5 Å². The Morgan fingerprint density at radius 3 is 2.33 bits per heavy atom. The third kappa shape index (κ3) is 3.19. The molecular weight excluding hydrogens is 292 g/mol. The van der Waals surface area contributed by atoms with Crippen LogP contribution in [0.15, 0.2) is 47.5 Å².